The number of nitrogens with zero attached hydrogens (tertiary/aromatic N) is 3. The summed E-state index contributed by atoms with van der Waals surface area (Å²) in [6.07, 6.45) is 0.712. The molecular formula is C15H19ClN4O3S2. The summed E-state index contributed by atoms with van der Waals surface area (Å²) in [5, 5.41) is 11.7. The number of nitrogens with one attached hydrogen (secondary N) is 1. The lowest BCUT2D eigenvalue weighted by molar-refractivity contribution is 0.102. The van der Waals surface area contributed by atoms with E-state index in [-0.39, 0.29) is 21.5 Å². The quantitative estimate of drug-likeness (QED) is 0.801. The van der Waals surface area contributed by atoms with Crippen molar-refractivity contribution in [3.05, 3.63) is 33.8 Å². The van der Waals surface area contributed by atoms with Crippen LogP contribution in [0.3, 0.4) is 0 Å². The zero-order chi connectivity index (χ0) is 18.8. The number of rotatable bonds is 6. The molecule has 0 bridgehead atoms. The van der Waals surface area contributed by atoms with E-state index in [9.17, 15) is 13.2 Å². The molecular weight excluding hydrogens is 384 g/mol. The third-order valence-corrected chi connectivity index (χ3v) is 6.92. The highest BCUT2D eigenvalue weighted by molar-refractivity contribution is 7.89. The first-order valence-corrected chi connectivity index (χ1v) is 10.2. The van der Waals surface area contributed by atoms with Gasteiger partial charge in [-0.15, -0.1) is 10.2 Å². The molecule has 10 heteroatoms. The van der Waals surface area contributed by atoms with Crippen molar-refractivity contribution >= 4 is 44.0 Å². The van der Waals surface area contributed by atoms with Gasteiger partial charge in [0.15, 0.2) is 0 Å². The fraction of sp³-hybridized carbons (Fsp3) is 0.400. The second kappa shape index (κ2) is 7.77. The largest absolute Gasteiger partial charge is 0.296 e. The maximum absolute atomic E-state index is 12.6. The first-order chi connectivity index (χ1) is 11.7. The maximum Gasteiger partial charge on any atom is 0.259 e. The van der Waals surface area contributed by atoms with Gasteiger partial charge < -0.3 is 0 Å². The molecule has 1 N–H and O–H groups in total. The molecule has 0 saturated heterocycles. The van der Waals surface area contributed by atoms with Crippen LogP contribution in [0.25, 0.3) is 0 Å². The van der Waals surface area contributed by atoms with E-state index in [2.05, 4.69) is 15.5 Å². The first kappa shape index (κ1) is 19.8. The molecule has 0 aliphatic carbocycles. The first-order valence-electron chi connectivity index (χ1n) is 7.58. The van der Waals surface area contributed by atoms with Crippen molar-refractivity contribution in [2.75, 3.05) is 12.4 Å². The number of anilines is 1. The molecule has 1 aromatic carbocycles. The fourth-order valence-electron chi connectivity index (χ4n) is 1.89. The van der Waals surface area contributed by atoms with Crippen LogP contribution in [0.1, 0.15) is 36.1 Å². The Hall–Kier alpha value is -1.55. The van der Waals surface area contributed by atoms with Crippen LogP contribution in [0.5, 0.6) is 0 Å². The molecule has 0 atom stereocenters. The van der Waals surface area contributed by atoms with E-state index in [1.165, 1.54) is 40.9 Å². The van der Waals surface area contributed by atoms with Gasteiger partial charge >= 0.3 is 0 Å². The number of aryl methyl sites for hydroxylation is 1. The van der Waals surface area contributed by atoms with Gasteiger partial charge in [-0.3, -0.25) is 10.1 Å². The fourth-order valence-corrected chi connectivity index (χ4v) is 4.17. The van der Waals surface area contributed by atoms with Crippen molar-refractivity contribution in [1.82, 2.24) is 14.5 Å². The number of hydrogen-bond donors (Lipinski definition) is 1. The minimum absolute atomic E-state index is 0.00441. The summed E-state index contributed by atoms with van der Waals surface area (Å²) in [6.45, 7) is 5.46. The number of sulfonamides is 1. The predicted molar refractivity (Wildman–Crippen MR) is 98.8 cm³/mol. The van der Waals surface area contributed by atoms with E-state index >= 15 is 0 Å². The van der Waals surface area contributed by atoms with Gasteiger partial charge in [0.05, 0.1) is 15.5 Å². The summed E-state index contributed by atoms with van der Waals surface area (Å²) in [5.41, 5.74) is 0.0631. The third-order valence-electron chi connectivity index (χ3n) is 3.58. The summed E-state index contributed by atoms with van der Waals surface area (Å²) in [5.74, 6) is -0.534. The lowest BCUT2D eigenvalue weighted by atomic mass is 10.2. The molecule has 0 fully saturated rings. The zero-order valence-electron chi connectivity index (χ0n) is 14.3. The van der Waals surface area contributed by atoms with Gasteiger partial charge in [-0.25, -0.2) is 8.42 Å². The monoisotopic (exact) mass is 402 g/mol. The van der Waals surface area contributed by atoms with Crippen molar-refractivity contribution in [1.29, 1.82) is 0 Å². The van der Waals surface area contributed by atoms with Crippen molar-refractivity contribution in [3.63, 3.8) is 0 Å². The van der Waals surface area contributed by atoms with Gasteiger partial charge in [-0.05, 0) is 38.5 Å². The Bertz CT molecular complexity index is 881. The SMILES string of the molecule is CCc1nnc(NC(=O)c2cc(S(=O)(=O)N(C)C(C)C)ccc2Cl)s1. The number of benzene rings is 1. The molecule has 0 unspecified atom stereocenters. The number of amides is 1. The minimum atomic E-state index is -3.71. The van der Waals surface area contributed by atoms with Crippen molar-refractivity contribution < 1.29 is 13.2 Å². The van der Waals surface area contributed by atoms with Crippen LogP contribution in [-0.2, 0) is 16.4 Å². The highest BCUT2D eigenvalue weighted by Crippen LogP contribution is 2.25. The highest BCUT2D eigenvalue weighted by atomic mass is 35.5. The molecule has 1 amide bonds. The van der Waals surface area contributed by atoms with Crippen molar-refractivity contribution in [3.8, 4) is 0 Å². The maximum atomic E-state index is 12.6. The van der Waals surface area contributed by atoms with Crippen LogP contribution < -0.4 is 5.32 Å². The van der Waals surface area contributed by atoms with Gasteiger partial charge in [0.25, 0.3) is 5.91 Å². The second-order valence-corrected chi connectivity index (χ2v) is 9.03. The molecule has 2 rings (SSSR count). The standard InChI is InChI=1S/C15H19ClN4O3S2/c1-5-13-18-19-15(24-13)17-14(21)11-8-10(6-7-12(11)16)25(22,23)20(4)9(2)3/h6-9H,5H2,1-4H3,(H,17,19,21). The van der Waals surface area contributed by atoms with Crippen LogP contribution in [0.2, 0.25) is 5.02 Å². The van der Waals surface area contributed by atoms with Crippen molar-refractivity contribution in [2.24, 2.45) is 0 Å². The topological polar surface area (TPSA) is 92.3 Å². The zero-order valence-corrected chi connectivity index (χ0v) is 16.7. The number of carbonyl (C=O) groups is 1. The Labute approximate surface area is 156 Å². The van der Waals surface area contributed by atoms with Crippen LogP contribution in [0, 0.1) is 0 Å². The van der Waals surface area contributed by atoms with E-state index in [4.69, 9.17) is 11.6 Å². The molecule has 136 valence electrons. The van der Waals surface area contributed by atoms with E-state index in [1.54, 1.807) is 13.8 Å². The normalized spacial score (nSPS) is 12.0. The summed E-state index contributed by atoms with van der Waals surface area (Å²) >= 11 is 7.34. The lowest BCUT2D eigenvalue weighted by Gasteiger charge is -2.21. The minimum Gasteiger partial charge on any atom is -0.296 e. The molecule has 25 heavy (non-hydrogen) atoms. The molecule has 2 aromatic rings. The van der Waals surface area contributed by atoms with E-state index in [0.717, 1.165) is 5.01 Å². The lowest BCUT2D eigenvalue weighted by Crippen LogP contribution is -2.33. The highest BCUT2D eigenvalue weighted by Gasteiger charge is 2.25. The predicted octanol–water partition coefficient (Wildman–Crippen LogP) is 3.04. The summed E-state index contributed by atoms with van der Waals surface area (Å²) in [6, 6.07) is 3.84. The van der Waals surface area contributed by atoms with Gasteiger partial charge in [0, 0.05) is 13.1 Å². The van der Waals surface area contributed by atoms with Crippen LogP contribution in [0.15, 0.2) is 23.1 Å². The van der Waals surface area contributed by atoms with E-state index < -0.39 is 15.9 Å². The molecule has 0 saturated carbocycles. The molecule has 0 radical (unpaired) electrons. The number of halogens is 1. The average molecular weight is 403 g/mol. The van der Waals surface area contributed by atoms with E-state index in [1.807, 2.05) is 6.92 Å². The summed E-state index contributed by atoms with van der Waals surface area (Å²) in [4.78, 5) is 12.5. The van der Waals surface area contributed by atoms with Gasteiger partial charge in [0.2, 0.25) is 15.2 Å². The average Bonchev–Trinajstić information content (AvgIpc) is 3.01. The molecule has 1 aromatic heterocycles. The second-order valence-electron chi connectivity index (χ2n) is 5.57. The number of aromatic nitrogens is 2. The molecule has 7 nitrogen and oxygen atoms in total. The summed E-state index contributed by atoms with van der Waals surface area (Å²) < 4.78 is 26.4. The Kier molecular flexibility index (Phi) is 6.15. The van der Waals surface area contributed by atoms with E-state index in [0.29, 0.717) is 11.6 Å². The number of carbonyl (C=O) groups excluding carboxylic acids is 1. The molecule has 0 spiro atoms. The van der Waals surface area contributed by atoms with Crippen LogP contribution in [-0.4, -0.2) is 41.9 Å². The van der Waals surface area contributed by atoms with Crippen molar-refractivity contribution in [2.45, 2.75) is 38.1 Å². The Morgan fingerprint density at radius 3 is 2.60 bits per heavy atom. The Morgan fingerprint density at radius 2 is 2.04 bits per heavy atom. The van der Waals surface area contributed by atoms with Gasteiger partial charge in [-0.1, -0.05) is 29.9 Å². The van der Waals surface area contributed by atoms with Gasteiger partial charge in [-0.2, -0.15) is 4.31 Å². The van der Waals surface area contributed by atoms with Crippen LogP contribution >= 0.6 is 22.9 Å². The number of hydrogen-bond acceptors (Lipinski definition) is 6. The smallest absolute Gasteiger partial charge is 0.259 e. The van der Waals surface area contributed by atoms with Gasteiger partial charge in [0.1, 0.15) is 5.01 Å². The molecule has 0 aliphatic heterocycles. The molecule has 1 heterocycles. The molecule has 0 aliphatic rings. The Morgan fingerprint density at radius 1 is 1.36 bits per heavy atom. The summed E-state index contributed by atoms with van der Waals surface area (Å²) in [7, 11) is -2.23. The van der Waals surface area contributed by atoms with Crippen LogP contribution in [0.4, 0.5) is 5.13 Å². The Balaban J connectivity index is 2.34. The third kappa shape index (κ3) is 4.35.